The number of rotatable bonds is 6. The molecule has 2 amide bonds. The molecule has 0 spiro atoms. The fourth-order valence-corrected chi connectivity index (χ4v) is 1.73. The summed E-state index contributed by atoms with van der Waals surface area (Å²) in [6.07, 6.45) is 2.68. The number of carbonyl (C=O) groups excluding carboxylic acids is 2. The summed E-state index contributed by atoms with van der Waals surface area (Å²) in [7, 11) is 0. The molecule has 0 atom stereocenters. The standard InChI is InChI=1S/C10H18N2O3/c1-2-15-8-3-7(4-8)5-10(14)12-6-9(11)13/h7-8H,2-6H2,1H3,(H2,11,13)(H,12,14). The molecule has 1 aliphatic rings. The molecule has 0 radical (unpaired) electrons. The molecule has 1 saturated carbocycles. The van der Waals surface area contributed by atoms with Crippen molar-refractivity contribution in [1.29, 1.82) is 0 Å². The third-order valence-corrected chi connectivity index (χ3v) is 2.53. The number of carbonyl (C=O) groups is 2. The van der Waals surface area contributed by atoms with Crippen molar-refractivity contribution in [1.82, 2.24) is 5.32 Å². The van der Waals surface area contributed by atoms with Gasteiger partial charge in [-0.1, -0.05) is 0 Å². The van der Waals surface area contributed by atoms with Gasteiger partial charge in [-0.2, -0.15) is 0 Å². The number of primary amides is 1. The number of nitrogens with one attached hydrogen (secondary N) is 1. The third kappa shape index (κ3) is 4.29. The molecule has 0 aromatic rings. The Labute approximate surface area is 89.3 Å². The quantitative estimate of drug-likeness (QED) is 0.642. The van der Waals surface area contributed by atoms with Crippen LogP contribution in [-0.4, -0.2) is 31.1 Å². The smallest absolute Gasteiger partial charge is 0.236 e. The summed E-state index contributed by atoms with van der Waals surface area (Å²) in [4.78, 5) is 21.7. The molecule has 0 aromatic heterocycles. The predicted molar refractivity (Wildman–Crippen MR) is 55.0 cm³/mol. The fourth-order valence-electron chi connectivity index (χ4n) is 1.73. The molecular formula is C10H18N2O3. The Kier molecular flexibility index (Phi) is 4.55. The molecule has 1 fully saturated rings. The lowest BCUT2D eigenvalue weighted by Crippen LogP contribution is -2.38. The van der Waals surface area contributed by atoms with Crippen LogP contribution in [0.3, 0.4) is 0 Å². The Balaban J connectivity index is 2.06. The second-order valence-electron chi connectivity index (χ2n) is 3.86. The summed E-state index contributed by atoms with van der Waals surface area (Å²) in [5.74, 6) is -0.215. The number of hydrogen-bond donors (Lipinski definition) is 2. The minimum atomic E-state index is -0.510. The largest absolute Gasteiger partial charge is 0.378 e. The summed E-state index contributed by atoms with van der Waals surface area (Å²) in [6, 6.07) is 0. The van der Waals surface area contributed by atoms with Gasteiger partial charge in [0.1, 0.15) is 0 Å². The van der Waals surface area contributed by atoms with Crippen LogP contribution >= 0.6 is 0 Å². The van der Waals surface area contributed by atoms with Crippen molar-refractivity contribution in [3.05, 3.63) is 0 Å². The molecule has 15 heavy (non-hydrogen) atoms. The summed E-state index contributed by atoms with van der Waals surface area (Å²) in [5.41, 5.74) is 4.91. The van der Waals surface area contributed by atoms with Gasteiger partial charge in [0, 0.05) is 13.0 Å². The van der Waals surface area contributed by atoms with E-state index in [1.54, 1.807) is 0 Å². The van der Waals surface area contributed by atoms with E-state index in [0.29, 0.717) is 18.4 Å². The number of amides is 2. The van der Waals surface area contributed by atoms with Crippen molar-refractivity contribution in [2.45, 2.75) is 32.3 Å². The molecule has 5 nitrogen and oxygen atoms in total. The average molecular weight is 214 g/mol. The molecule has 0 saturated heterocycles. The highest BCUT2D eigenvalue weighted by molar-refractivity contribution is 5.83. The highest BCUT2D eigenvalue weighted by Crippen LogP contribution is 2.32. The molecule has 0 unspecified atom stereocenters. The van der Waals surface area contributed by atoms with Gasteiger partial charge in [-0.3, -0.25) is 9.59 Å². The molecule has 5 heteroatoms. The van der Waals surface area contributed by atoms with E-state index in [1.807, 2.05) is 6.92 Å². The van der Waals surface area contributed by atoms with Gasteiger partial charge in [-0.15, -0.1) is 0 Å². The molecule has 86 valence electrons. The van der Waals surface area contributed by atoms with Crippen LogP contribution in [0.25, 0.3) is 0 Å². The van der Waals surface area contributed by atoms with Crippen molar-refractivity contribution in [2.75, 3.05) is 13.2 Å². The second kappa shape index (κ2) is 5.70. The van der Waals surface area contributed by atoms with Crippen LogP contribution in [0.5, 0.6) is 0 Å². The van der Waals surface area contributed by atoms with Crippen LogP contribution in [0.4, 0.5) is 0 Å². The van der Waals surface area contributed by atoms with E-state index < -0.39 is 5.91 Å². The first kappa shape index (κ1) is 12.0. The maximum Gasteiger partial charge on any atom is 0.236 e. The van der Waals surface area contributed by atoms with Gasteiger partial charge in [0.05, 0.1) is 12.6 Å². The first-order valence-electron chi connectivity index (χ1n) is 5.28. The number of hydrogen-bond acceptors (Lipinski definition) is 3. The van der Waals surface area contributed by atoms with Crippen molar-refractivity contribution >= 4 is 11.8 Å². The molecule has 0 bridgehead atoms. The molecule has 3 N–H and O–H groups in total. The highest BCUT2D eigenvalue weighted by Gasteiger charge is 2.30. The van der Waals surface area contributed by atoms with E-state index >= 15 is 0 Å². The van der Waals surface area contributed by atoms with Crippen LogP contribution in [0.2, 0.25) is 0 Å². The maximum atomic E-state index is 11.3. The second-order valence-corrected chi connectivity index (χ2v) is 3.86. The minimum Gasteiger partial charge on any atom is -0.378 e. The van der Waals surface area contributed by atoms with E-state index in [2.05, 4.69) is 5.32 Å². The van der Waals surface area contributed by atoms with Gasteiger partial charge >= 0.3 is 0 Å². The van der Waals surface area contributed by atoms with Crippen LogP contribution in [0.1, 0.15) is 26.2 Å². The highest BCUT2D eigenvalue weighted by atomic mass is 16.5. The summed E-state index contributed by atoms with van der Waals surface area (Å²) in [5, 5.41) is 2.47. The zero-order valence-electron chi connectivity index (χ0n) is 8.99. The zero-order valence-corrected chi connectivity index (χ0v) is 8.99. The Morgan fingerprint density at radius 3 is 2.67 bits per heavy atom. The monoisotopic (exact) mass is 214 g/mol. The topological polar surface area (TPSA) is 81.4 Å². The SMILES string of the molecule is CCOC1CC(CC(=O)NCC(N)=O)C1. The van der Waals surface area contributed by atoms with E-state index in [1.165, 1.54) is 0 Å². The van der Waals surface area contributed by atoms with Crippen molar-refractivity contribution < 1.29 is 14.3 Å². The third-order valence-electron chi connectivity index (χ3n) is 2.53. The minimum absolute atomic E-state index is 0.0690. The summed E-state index contributed by atoms with van der Waals surface area (Å²) in [6.45, 7) is 2.62. The normalized spacial score (nSPS) is 24.3. The van der Waals surface area contributed by atoms with Crippen molar-refractivity contribution in [3.8, 4) is 0 Å². The van der Waals surface area contributed by atoms with Crippen LogP contribution in [-0.2, 0) is 14.3 Å². The molecule has 0 aliphatic heterocycles. The lowest BCUT2D eigenvalue weighted by Gasteiger charge is -2.34. The van der Waals surface area contributed by atoms with Gasteiger partial charge in [0.15, 0.2) is 0 Å². The van der Waals surface area contributed by atoms with Gasteiger partial charge < -0.3 is 15.8 Å². The first-order chi connectivity index (χ1) is 7.11. The number of nitrogens with two attached hydrogens (primary N) is 1. The van der Waals surface area contributed by atoms with Crippen LogP contribution in [0.15, 0.2) is 0 Å². The first-order valence-corrected chi connectivity index (χ1v) is 5.28. The Bertz CT molecular complexity index is 237. The van der Waals surface area contributed by atoms with E-state index in [9.17, 15) is 9.59 Å². The molecule has 1 rings (SSSR count). The Morgan fingerprint density at radius 1 is 1.47 bits per heavy atom. The lowest BCUT2D eigenvalue weighted by molar-refractivity contribution is -0.127. The van der Waals surface area contributed by atoms with Crippen molar-refractivity contribution in [2.24, 2.45) is 11.7 Å². The molecule has 0 aromatic carbocycles. The molecule has 0 heterocycles. The van der Waals surface area contributed by atoms with Gasteiger partial charge in [0.25, 0.3) is 0 Å². The predicted octanol–water partition coefficient (Wildman–Crippen LogP) is -0.207. The van der Waals surface area contributed by atoms with Crippen LogP contribution in [0, 0.1) is 5.92 Å². The average Bonchev–Trinajstić information content (AvgIpc) is 2.11. The zero-order chi connectivity index (χ0) is 11.3. The Morgan fingerprint density at radius 2 is 2.13 bits per heavy atom. The van der Waals surface area contributed by atoms with Crippen LogP contribution < -0.4 is 11.1 Å². The Hall–Kier alpha value is -1.10. The fraction of sp³-hybridized carbons (Fsp3) is 0.800. The van der Waals surface area contributed by atoms with E-state index in [0.717, 1.165) is 19.4 Å². The lowest BCUT2D eigenvalue weighted by atomic mass is 9.80. The molecular weight excluding hydrogens is 196 g/mol. The summed E-state index contributed by atoms with van der Waals surface area (Å²) >= 11 is 0. The summed E-state index contributed by atoms with van der Waals surface area (Å²) < 4.78 is 5.38. The molecule has 1 aliphatic carbocycles. The maximum absolute atomic E-state index is 11.3. The van der Waals surface area contributed by atoms with Gasteiger partial charge in [-0.05, 0) is 25.7 Å². The van der Waals surface area contributed by atoms with E-state index in [4.69, 9.17) is 10.5 Å². The van der Waals surface area contributed by atoms with Gasteiger partial charge in [-0.25, -0.2) is 0 Å². The van der Waals surface area contributed by atoms with E-state index in [-0.39, 0.29) is 12.5 Å². The number of ether oxygens (including phenoxy) is 1. The van der Waals surface area contributed by atoms with Gasteiger partial charge in [0.2, 0.25) is 11.8 Å². The van der Waals surface area contributed by atoms with Crippen molar-refractivity contribution in [3.63, 3.8) is 0 Å².